The molecule has 25 heavy (non-hydrogen) atoms. The Hall–Kier alpha value is -1.84. The van der Waals surface area contributed by atoms with Crippen LogP contribution in [0.15, 0.2) is 36.5 Å². The van der Waals surface area contributed by atoms with Gasteiger partial charge in [0.15, 0.2) is 11.4 Å². The Morgan fingerprint density at radius 1 is 1.40 bits per heavy atom. The first-order valence-electron chi connectivity index (χ1n) is 9.50. The topological polar surface area (TPSA) is 46.6 Å². The molecule has 4 nitrogen and oxygen atoms in total. The van der Waals surface area contributed by atoms with E-state index in [0.717, 1.165) is 44.2 Å². The summed E-state index contributed by atoms with van der Waals surface area (Å²) in [6.07, 6.45) is 13.3. The minimum Gasteiger partial charge on any atom is -0.432 e. The number of rotatable bonds is 2. The molecule has 132 valence electrons. The van der Waals surface area contributed by atoms with E-state index in [2.05, 4.69) is 13.5 Å². The third-order valence-electron chi connectivity index (χ3n) is 7.75. The molecule has 5 aliphatic rings. The molecule has 4 heteroatoms. The monoisotopic (exact) mass is 339 g/mol. The number of ketones is 1. The molecule has 1 amide bonds. The highest BCUT2D eigenvalue weighted by atomic mass is 16.6. The highest BCUT2D eigenvalue weighted by Crippen LogP contribution is 2.67. The van der Waals surface area contributed by atoms with Crippen LogP contribution in [0.25, 0.3) is 0 Å². The van der Waals surface area contributed by atoms with Gasteiger partial charge in [-0.3, -0.25) is 9.69 Å². The smallest absolute Gasteiger partial charge is 0.411 e. The van der Waals surface area contributed by atoms with Crippen LogP contribution < -0.4 is 0 Å². The van der Waals surface area contributed by atoms with Crippen molar-refractivity contribution in [3.05, 3.63) is 36.5 Å². The Kier molecular flexibility index (Phi) is 2.87. The van der Waals surface area contributed by atoms with Crippen molar-refractivity contribution in [2.24, 2.45) is 16.7 Å². The quantitative estimate of drug-likeness (QED) is 0.719. The molecule has 2 saturated heterocycles. The summed E-state index contributed by atoms with van der Waals surface area (Å²) in [5, 5.41) is 0. The maximum atomic E-state index is 12.9. The van der Waals surface area contributed by atoms with Gasteiger partial charge < -0.3 is 4.74 Å². The molecular formula is C21H25NO3. The zero-order chi connectivity index (χ0) is 17.4. The van der Waals surface area contributed by atoms with Crippen molar-refractivity contribution < 1.29 is 14.3 Å². The van der Waals surface area contributed by atoms with Crippen LogP contribution in [-0.2, 0) is 9.53 Å². The van der Waals surface area contributed by atoms with Crippen molar-refractivity contribution in [1.29, 1.82) is 0 Å². The van der Waals surface area contributed by atoms with Crippen LogP contribution in [0.4, 0.5) is 4.79 Å². The number of carbonyl (C=O) groups excluding carboxylic acids is 2. The third kappa shape index (κ3) is 1.68. The summed E-state index contributed by atoms with van der Waals surface area (Å²) in [6.45, 7) is 7.18. The fraction of sp³-hybridized carbons (Fsp3) is 0.619. The van der Waals surface area contributed by atoms with Gasteiger partial charge in [0.2, 0.25) is 0 Å². The summed E-state index contributed by atoms with van der Waals surface area (Å²) in [7, 11) is 0. The first kappa shape index (κ1) is 15.4. The van der Waals surface area contributed by atoms with E-state index >= 15 is 0 Å². The van der Waals surface area contributed by atoms with Gasteiger partial charge in [-0.25, -0.2) is 4.79 Å². The Morgan fingerprint density at radius 2 is 2.24 bits per heavy atom. The molecule has 3 aliphatic carbocycles. The largest absolute Gasteiger partial charge is 0.432 e. The number of ether oxygens (including phenoxy) is 1. The van der Waals surface area contributed by atoms with E-state index in [0.29, 0.717) is 5.92 Å². The van der Waals surface area contributed by atoms with E-state index < -0.39 is 5.60 Å². The highest BCUT2D eigenvalue weighted by molar-refractivity contribution is 6.02. The summed E-state index contributed by atoms with van der Waals surface area (Å²) in [6, 6.07) is -0.0121. The van der Waals surface area contributed by atoms with Crippen LogP contribution in [0.1, 0.15) is 45.4 Å². The Labute approximate surface area is 148 Å². The summed E-state index contributed by atoms with van der Waals surface area (Å²) >= 11 is 0. The molecular weight excluding hydrogens is 314 g/mol. The number of nitrogens with zero attached hydrogens (tertiary/aromatic N) is 1. The molecule has 0 N–H and O–H groups in total. The first-order valence-corrected chi connectivity index (χ1v) is 9.50. The van der Waals surface area contributed by atoms with E-state index in [1.807, 2.05) is 17.1 Å². The van der Waals surface area contributed by atoms with Gasteiger partial charge in [-0.1, -0.05) is 19.4 Å². The maximum absolute atomic E-state index is 12.9. The summed E-state index contributed by atoms with van der Waals surface area (Å²) in [4.78, 5) is 26.9. The molecule has 2 heterocycles. The van der Waals surface area contributed by atoms with E-state index in [-0.39, 0.29) is 28.7 Å². The summed E-state index contributed by atoms with van der Waals surface area (Å²) < 4.78 is 6.09. The Morgan fingerprint density at radius 3 is 3.04 bits per heavy atom. The second kappa shape index (κ2) is 4.66. The molecule has 2 saturated carbocycles. The average molecular weight is 339 g/mol. The van der Waals surface area contributed by atoms with E-state index in [4.69, 9.17) is 4.74 Å². The first-order chi connectivity index (χ1) is 12.0. The molecule has 0 radical (unpaired) electrons. The van der Waals surface area contributed by atoms with Gasteiger partial charge in [0, 0.05) is 12.0 Å². The van der Waals surface area contributed by atoms with Crippen LogP contribution in [0, 0.1) is 16.7 Å². The van der Waals surface area contributed by atoms with Crippen LogP contribution in [0.5, 0.6) is 0 Å². The lowest BCUT2D eigenvalue weighted by atomic mass is 9.47. The molecule has 0 aromatic carbocycles. The Bertz CT molecular complexity index is 752. The van der Waals surface area contributed by atoms with Crippen LogP contribution in [0.2, 0.25) is 0 Å². The van der Waals surface area contributed by atoms with Crippen LogP contribution >= 0.6 is 0 Å². The van der Waals surface area contributed by atoms with Crippen molar-refractivity contribution in [1.82, 2.24) is 4.90 Å². The number of hydrogen-bond donors (Lipinski definition) is 0. The molecule has 4 bridgehead atoms. The number of piperidine rings is 1. The van der Waals surface area contributed by atoms with Crippen molar-refractivity contribution >= 4 is 11.9 Å². The predicted molar refractivity (Wildman–Crippen MR) is 93.9 cm³/mol. The lowest BCUT2D eigenvalue weighted by Gasteiger charge is -2.63. The van der Waals surface area contributed by atoms with Crippen molar-refractivity contribution in [2.75, 3.05) is 6.54 Å². The van der Waals surface area contributed by atoms with E-state index in [1.54, 1.807) is 12.2 Å². The molecule has 4 unspecified atom stereocenters. The van der Waals surface area contributed by atoms with Crippen molar-refractivity contribution in [2.45, 2.75) is 57.1 Å². The second-order valence-corrected chi connectivity index (χ2v) is 8.92. The predicted octanol–water partition coefficient (Wildman–Crippen LogP) is 3.79. The minimum atomic E-state index is -0.749. The number of allylic oxidation sites excluding steroid dienone is 3. The molecule has 5 atom stereocenters. The second-order valence-electron chi connectivity index (χ2n) is 8.92. The van der Waals surface area contributed by atoms with E-state index in [9.17, 15) is 9.59 Å². The van der Waals surface area contributed by atoms with Gasteiger partial charge in [-0.15, -0.1) is 6.58 Å². The molecule has 2 aliphatic heterocycles. The highest BCUT2D eigenvalue weighted by Gasteiger charge is 2.72. The normalized spacial score (nSPS) is 46.9. The zero-order valence-corrected chi connectivity index (χ0v) is 14.8. The number of carbonyl (C=O) groups is 2. The van der Waals surface area contributed by atoms with Gasteiger partial charge in [-0.05, 0) is 67.2 Å². The fourth-order valence-corrected chi connectivity index (χ4v) is 7.10. The van der Waals surface area contributed by atoms with E-state index in [1.165, 1.54) is 6.42 Å². The lowest BCUT2D eigenvalue weighted by Crippen LogP contribution is -2.67. The fourth-order valence-electron chi connectivity index (χ4n) is 7.10. The molecule has 1 spiro atoms. The average Bonchev–Trinajstić information content (AvgIpc) is 2.77. The zero-order valence-electron chi connectivity index (χ0n) is 14.8. The van der Waals surface area contributed by atoms with Gasteiger partial charge in [0.25, 0.3) is 0 Å². The van der Waals surface area contributed by atoms with Crippen molar-refractivity contribution in [3.8, 4) is 0 Å². The standard InChI is InChI=1S/C21H25NO3/c1-3-8-20-10-4-9-19(2)13-22-17(20)21(25-18(22)24)11-7-15(23)12-14(21)5-6-16(19)20/h3,7,11-12,16-17H,1,4-6,8-10,13H2,2H3/t16?,17?,19?,20?,21-/m1/s1. The lowest BCUT2D eigenvalue weighted by molar-refractivity contribution is -0.131. The summed E-state index contributed by atoms with van der Waals surface area (Å²) in [5.41, 5.74) is 0.383. The number of amides is 1. The maximum Gasteiger partial charge on any atom is 0.411 e. The summed E-state index contributed by atoms with van der Waals surface area (Å²) in [5.74, 6) is 0.549. The van der Waals surface area contributed by atoms with Crippen molar-refractivity contribution in [3.63, 3.8) is 0 Å². The molecule has 0 aromatic rings. The Balaban J connectivity index is 1.79. The SMILES string of the molecule is C=CCC12CCCC3(C)CN4C(=O)O[C@@]5(C=CC(=O)C=C5CCC31)C42. The molecule has 0 aromatic heterocycles. The molecule has 5 rings (SSSR count). The van der Waals surface area contributed by atoms with Gasteiger partial charge in [0.1, 0.15) is 0 Å². The number of hydrogen-bond acceptors (Lipinski definition) is 3. The minimum absolute atomic E-state index is 0.000518. The van der Waals surface area contributed by atoms with Gasteiger partial charge in [0.05, 0.1) is 6.04 Å². The van der Waals surface area contributed by atoms with Gasteiger partial charge >= 0.3 is 6.09 Å². The van der Waals surface area contributed by atoms with Crippen LogP contribution in [-0.4, -0.2) is 35.0 Å². The van der Waals surface area contributed by atoms with Gasteiger partial charge in [-0.2, -0.15) is 0 Å². The van der Waals surface area contributed by atoms with Crippen LogP contribution in [0.3, 0.4) is 0 Å². The third-order valence-corrected chi connectivity index (χ3v) is 7.75. The molecule has 4 fully saturated rings.